The van der Waals surface area contributed by atoms with Gasteiger partial charge in [0, 0.05) is 7.05 Å². The quantitative estimate of drug-likeness (QED) is 0.680. The molecule has 0 saturated carbocycles. The highest BCUT2D eigenvalue weighted by atomic mass is 79.9. The Bertz CT molecular complexity index is 384. The van der Waals surface area contributed by atoms with Gasteiger partial charge in [-0.2, -0.15) is 0 Å². The van der Waals surface area contributed by atoms with Crippen LogP contribution in [0.2, 0.25) is 0 Å². The molecule has 15 heavy (non-hydrogen) atoms. The van der Waals surface area contributed by atoms with E-state index >= 15 is 0 Å². The van der Waals surface area contributed by atoms with E-state index in [0.29, 0.717) is 5.75 Å². The monoisotopic (exact) mass is 289 g/mol. The van der Waals surface area contributed by atoms with Crippen molar-refractivity contribution >= 4 is 33.6 Å². The van der Waals surface area contributed by atoms with Gasteiger partial charge in [-0.25, -0.2) is 9.97 Å². The molecule has 0 aliphatic heterocycles. The normalized spacial score (nSPS) is 10.1. The Balaban J connectivity index is 2.81. The Hall–Kier alpha value is -0.620. The van der Waals surface area contributed by atoms with E-state index in [0.717, 1.165) is 21.0 Å². The molecule has 0 atom stereocenters. The summed E-state index contributed by atoms with van der Waals surface area (Å²) in [5.41, 5.74) is 0.891. The first-order chi connectivity index (χ1) is 7.04. The average molecular weight is 290 g/mol. The maximum atomic E-state index is 11.1. The van der Waals surface area contributed by atoms with E-state index in [1.54, 1.807) is 7.05 Å². The molecule has 0 saturated heterocycles. The molecule has 1 amide bonds. The SMILES string of the molecule is CNC(=O)CSc1nc(C)nc(C)c1Br. The Morgan fingerprint density at radius 2 is 2.13 bits per heavy atom. The largest absolute Gasteiger partial charge is 0.358 e. The predicted octanol–water partition coefficient (Wildman–Crippen LogP) is 1.69. The number of hydrogen-bond donors (Lipinski definition) is 1. The lowest BCUT2D eigenvalue weighted by Crippen LogP contribution is -2.19. The second-order valence-electron chi connectivity index (χ2n) is 2.94. The number of aromatic nitrogens is 2. The lowest BCUT2D eigenvalue weighted by molar-refractivity contribution is -0.118. The molecule has 1 aromatic rings. The van der Waals surface area contributed by atoms with Gasteiger partial charge in [0.15, 0.2) is 0 Å². The summed E-state index contributed by atoms with van der Waals surface area (Å²) < 4.78 is 0.863. The Kier molecular flexibility index (Phi) is 4.53. The number of nitrogens with one attached hydrogen (secondary N) is 1. The van der Waals surface area contributed by atoms with E-state index in [9.17, 15) is 4.79 Å². The number of rotatable bonds is 3. The smallest absolute Gasteiger partial charge is 0.230 e. The second kappa shape index (κ2) is 5.46. The third kappa shape index (κ3) is 3.46. The average Bonchev–Trinajstić information content (AvgIpc) is 2.20. The number of carbonyl (C=O) groups excluding carboxylic acids is 1. The van der Waals surface area contributed by atoms with Gasteiger partial charge >= 0.3 is 0 Å². The van der Waals surface area contributed by atoms with Crippen molar-refractivity contribution in [1.82, 2.24) is 15.3 Å². The molecule has 4 nitrogen and oxygen atoms in total. The van der Waals surface area contributed by atoms with E-state index < -0.39 is 0 Å². The maximum absolute atomic E-state index is 11.1. The summed E-state index contributed by atoms with van der Waals surface area (Å²) in [4.78, 5) is 19.5. The summed E-state index contributed by atoms with van der Waals surface area (Å²) in [6.45, 7) is 3.74. The second-order valence-corrected chi connectivity index (χ2v) is 4.69. The molecule has 1 heterocycles. The van der Waals surface area contributed by atoms with Gasteiger partial charge in [-0.1, -0.05) is 11.8 Å². The third-order valence-corrected chi connectivity index (χ3v) is 3.90. The summed E-state index contributed by atoms with van der Waals surface area (Å²) in [7, 11) is 1.62. The van der Waals surface area contributed by atoms with Gasteiger partial charge < -0.3 is 5.32 Å². The predicted molar refractivity (Wildman–Crippen MR) is 64.0 cm³/mol. The van der Waals surface area contributed by atoms with Crippen LogP contribution in [0.4, 0.5) is 0 Å². The summed E-state index contributed by atoms with van der Waals surface area (Å²) in [6.07, 6.45) is 0. The molecule has 0 unspecified atom stereocenters. The van der Waals surface area contributed by atoms with Crippen LogP contribution in [0.3, 0.4) is 0 Å². The molecule has 0 aliphatic rings. The lowest BCUT2D eigenvalue weighted by Gasteiger charge is -2.06. The zero-order chi connectivity index (χ0) is 11.4. The number of thioether (sulfide) groups is 1. The molecule has 0 bridgehead atoms. The van der Waals surface area contributed by atoms with Gasteiger partial charge in [-0.3, -0.25) is 4.79 Å². The molecule has 0 spiro atoms. The van der Waals surface area contributed by atoms with Crippen molar-refractivity contribution in [2.24, 2.45) is 0 Å². The molecule has 0 radical (unpaired) electrons. The molecule has 1 N–H and O–H groups in total. The first-order valence-electron chi connectivity index (χ1n) is 4.38. The zero-order valence-electron chi connectivity index (χ0n) is 8.80. The lowest BCUT2D eigenvalue weighted by atomic mass is 10.4. The van der Waals surface area contributed by atoms with Crippen molar-refractivity contribution in [1.29, 1.82) is 0 Å². The number of amides is 1. The van der Waals surface area contributed by atoms with Crippen molar-refractivity contribution in [3.05, 3.63) is 16.0 Å². The maximum Gasteiger partial charge on any atom is 0.230 e. The minimum atomic E-state index is -0.0131. The van der Waals surface area contributed by atoms with E-state index in [-0.39, 0.29) is 5.91 Å². The van der Waals surface area contributed by atoms with Gasteiger partial charge in [0.25, 0.3) is 0 Å². The molecule has 0 fully saturated rings. The highest BCUT2D eigenvalue weighted by Crippen LogP contribution is 2.27. The number of halogens is 1. The van der Waals surface area contributed by atoms with Crippen LogP contribution in [0, 0.1) is 13.8 Å². The minimum absolute atomic E-state index is 0.0131. The number of aryl methyl sites for hydroxylation is 2. The molecular formula is C9H12BrN3OS. The Morgan fingerprint density at radius 1 is 1.47 bits per heavy atom. The molecular weight excluding hydrogens is 278 g/mol. The van der Waals surface area contributed by atoms with Crippen molar-refractivity contribution in [3.63, 3.8) is 0 Å². The van der Waals surface area contributed by atoms with Crippen LogP contribution in [-0.4, -0.2) is 28.7 Å². The van der Waals surface area contributed by atoms with Gasteiger partial charge in [-0.05, 0) is 29.8 Å². The van der Waals surface area contributed by atoms with E-state index in [1.807, 2.05) is 13.8 Å². The van der Waals surface area contributed by atoms with Crippen molar-refractivity contribution in [2.75, 3.05) is 12.8 Å². The topological polar surface area (TPSA) is 54.9 Å². The highest BCUT2D eigenvalue weighted by molar-refractivity contribution is 9.10. The van der Waals surface area contributed by atoms with Crippen molar-refractivity contribution in [2.45, 2.75) is 18.9 Å². The molecule has 6 heteroatoms. The van der Waals surface area contributed by atoms with E-state index in [4.69, 9.17) is 0 Å². The molecule has 0 aliphatic carbocycles. The first kappa shape index (κ1) is 12.4. The first-order valence-corrected chi connectivity index (χ1v) is 6.16. The summed E-state index contributed by atoms with van der Waals surface area (Å²) in [5, 5.41) is 3.37. The Morgan fingerprint density at radius 3 is 2.73 bits per heavy atom. The van der Waals surface area contributed by atoms with Crippen molar-refractivity contribution < 1.29 is 4.79 Å². The van der Waals surface area contributed by atoms with Crippen LogP contribution in [0.5, 0.6) is 0 Å². The van der Waals surface area contributed by atoms with Crippen LogP contribution in [0.15, 0.2) is 9.50 Å². The fraction of sp³-hybridized carbons (Fsp3) is 0.444. The molecule has 0 aromatic carbocycles. The molecule has 1 rings (SSSR count). The van der Waals surface area contributed by atoms with E-state index in [2.05, 4.69) is 31.2 Å². The standard InChI is InChI=1S/C9H12BrN3OS/c1-5-8(10)9(13-6(2)12-5)15-4-7(14)11-3/h4H2,1-3H3,(H,11,14). The van der Waals surface area contributed by atoms with Gasteiger partial charge in [0.2, 0.25) is 5.91 Å². The summed E-state index contributed by atoms with van der Waals surface area (Å²) in [5.74, 6) is 1.07. The number of hydrogen-bond acceptors (Lipinski definition) is 4. The van der Waals surface area contributed by atoms with Crippen LogP contribution < -0.4 is 5.32 Å². The summed E-state index contributed by atoms with van der Waals surface area (Å²) >= 11 is 4.81. The van der Waals surface area contributed by atoms with Gasteiger partial charge in [0.05, 0.1) is 15.9 Å². The van der Waals surface area contributed by atoms with E-state index in [1.165, 1.54) is 11.8 Å². The highest BCUT2D eigenvalue weighted by Gasteiger charge is 2.09. The minimum Gasteiger partial charge on any atom is -0.358 e. The number of nitrogens with zero attached hydrogens (tertiary/aromatic N) is 2. The number of carbonyl (C=O) groups is 1. The van der Waals surface area contributed by atoms with Gasteiger partial charge in [0.1, 0.15) is 10.9 Å². The Labute approximate surface area is 101 Å². The van der Waals surface area contributed by atoms with Crippen molar-refractivity contribution in [3.8, 4) is 0 Å². The van der Waals surface area contributed by atoms with Crippen LogP contribution >= 0.6 is 27.7 Å². The van der Waals surface area contributed by atoms with Crippen LogP contribution in [-0.2, 0) is 4.79 Å². The van der Waals surface area contributed by atoms with Crippen LogP contribution in [0.25, 0.3) is 0 Å². The third-order valence-electron chi connectivity index (χ3n) is 1.72. The summed E-state index contributed by atoms with van der Waals surface area (Å²) in [6, 6.07) is 0. The fourth-order valence-electron chi connectivity index (χ4n) is 0.969. The van der Waals surface area contributed by atoms with Crippen LogP contribution in [0.1, 0.15) is 11.5 Å². The molecule has 1 aromatic heterocycles. The zero-order valence-corrected chi connectivity index (χ0v) is 11.2. The van der Waals surface area contributed by atoms with Gasteiger partial charge in [-0.15, -0.1) is 0 Å². The molecule has 82 valence electrons. The fourth-order valence-corrected chi connectivity index (χ4v) is 2.37.